The zero-order chi connectivity index (χ0) is 9.84. The molecule has 0 saturated heterocycles. The van der Waals surface area contributed by atoms with E-state index in [1.807, 2.05) is 6.07 Å². The highest BCUT2D eigenvalue weighted by atomic mass is 35.5. The molecule has 0 aliphatic heterocycles. The molecule has 0 amide bonds. The Labute approximate surface area is 90.6 Å². The zero-order valence-corrected chi connectivity index (χ0v) is 8.62. The molecule has 0 aliphatic carbocycles. The Morgan fingerprint density at radius 2 is 1.77 bits per heavy atom. The van der Waals surface area contributed by atoms with Gasteiger partial charge in [-0.25, -0.2) is 0 Å². The molecule has 68 valence electrons. The first kappa shape index (κ1) is 10.5. The number of benzene rings is 1. The van der Waals surface area contributed by atoms with Crippen molar-refractivity contribution in [2.24, 2.45) is 0 Å². The van der Waals surface area contributed by atoms with Crippen molar-refractivity contribution in [2.45, 2.75) is 0 Å². The van der Waals surface area contributed by atoms with E-state index in [1.54, 1.807) is 0 Å². The molecule has 13 heavy (non-hydrogen) atoms. The van der Waals surface area contributed by atoms with Crippen molar-refractivity contribution < 1.29 is 4.74 Å². The Morgan fingerprint density at radius 1 is 1.15 bits per heavy atom. The molecule has 1 aromatic carbocycles. The second-order valence-electron chi connectivity index (χ2n) is 2.14. The fourth-order valence-corrected chi connectivity index (χ4v) is 1.32. The molecule has 0 aromatic heterocycles. The van der Waals surface area contributed by atoms with Gasteiger partial charge in [-0.2, -0.15) is 5.26 Å². The topological polar surface area (TPSA) is 33.0 Å². The van der Waals surface area contributed by atoms with Crippen molar-refractivity contribution in [3.8, 4) is 11.8 Å². The minimum atomic E-state index is -0.0717. The Morgan fingerprint density at radius 3 is 2.38 bits per heavy atom. The highest BCUT2D eigenvalue weighted by Crippen LogP contribution is 2.33. The third-order valence-corrected chi connectivity index (χ3v) is 2.28. The molecule has 0 fully saturated rings. The maximum atomic E-state index is 8.27. The molecule has 0 atom stereocenters. The van der Waals surface area contributed by atoms with E-state index in [4.69, 9.17) is 44.8 Å². The van der Waals surface area contributed by atoms with Crippen LogP contribution in [-0.4, -0.2) is 6.61 Å². The van der Waals surface area contributed by atoms with Gasteiger partial charge >= 0.3 is 0 Å². The number of halogens is 3. The Hall–Kier alpha value is -0.620. The Kier molecular flexibility index (Phi) is 3.68. The maximum absolute atomic E-state index is 8.27. The SMILES string of the molecule is N#CCOc1cc(Cl)c(Cl)cc1Cl. The van der Waals surface area contributed by atoms with Crippen molar-refractivity contribution in [2.75, 3.05) is 6.61 Å². The largest absolute Gasteiger partial charge is 0.477 e. The molecule has 0 spiro atoms. The first-order chi connectivity index (χ1) is 6.15. The lowest BCUT2D eigenvalue weighted by molar-refractivity contribution is 0.368. The quantitative estimate of drug-likeness (QED) is 0.736. The van der Waals surface area contributed by atoms with E-state index in [-0.39, 0.29) is 6.61 Å². The standard InChI is InChI=1S/C8H4Cl3NO/c9-5-3-7(11)8(4-6(5)10)13-2-1-12/h3-4H,2H2. The van der Waals surface area contributed by atoms with E-state index in [2.05, 4.69) is 0 Å². The lowest BCUT2D eigenvalue weighted by atomic mass is 10.3. The fraction of sp³-hybridized carbons (Fsp3) is 0.125. The van der Waals surface area contributed by atoms with Crippen LogP contribution in [0, 0.1) is 11.3 Å². The fourth-order valence-electron chi connectivity index (χ4n) is 0.725. The van der Waals surface area contributed by atoms with E-state index < -0.39 is 0 Å². The van der Waals surface area contributed by atoms with Crippen LogP contribution in [0.2, 0.25) is 15.1 Å². The first-order valence-electron chi connectivity index (χ1n) is 3.29. The third-order valence-electron chi connectivity index (χ3n) is 1.27. The van der Waals surface area contributed by atoms with Crippen LogP contribution in [0.25, 0.3) is 0 Å². The molecule has 0 radical (unpaired) electrons. The molecule has 1 aromatic rings. The average Bonchev–Trinajstić information content (AvgIpc) is 2.09. The molecule has 2 nitrogen and oxygen atoms in total. The normalized spacial score (nSPS) is 9.38. The summed E-state index contributed by atoms with van der Waals surface area (Å²) in [6.07, 6.45) is 0. The number of nitrogens with zero attached hydrogens (tertiary/aromatic N) is 1. The molecule has 0 heterocycles. The smallest absolute Gasteiger partial charge is 0.174 e. The number of hydrogen-bond acceptors (Lipinski definition) is 2. The van der Waals surface area contributed by atoms with Gasteiger partial charge in [-0.05, 0) is 6.07 Å². The van der Waals surface area contributed by atoms with Gasteiger partial charge in [0.25, 0.3) is 0 Å². The molecule has 1 rings (SSSR count). The molecule has 0 aliphatic rings. The highest BCUT2D eigenvalue weighted by Gasteiger charge is 2.06. The lowest BCUT2D eigenvalue weighted by Crippen LogP contribution is -1.94. The molecule has 0 N–H and O–H groups in total. The molecule has 0 unspecified atom stereocenters. The first-order valence-corrected chi connectivity index (χ1v) is 4.43. The summed E-state index contributed by atoms with van der Waals surface area (Å²) in [4.78, 5) is 0. The van der Waals surface area contributed by atoms with Crippen molar-refractivity contribution in [1.29, 1.82) is 5.26 Å². The molecular weight excluding hydrogens is 232 g/mol. The number of hydrogen-bond donors (Lipinski definition) is 0. The number of nitriles is 1. The Balaban J connectivity index is 2.96. The summed E-state index contributed by atoms with van der Waals surface area (Å²) in [5.41, 5.74) is 0. The molecular formula is C8H4Cl3NO. The van der Waals surface area contributed by atoms with Crippen molar-refractivity contribution in [3.63, 3.8) is 0 Å². The van der Waals surface area contributed by atoms with Gasteiger partial charge in [-0.1, -0.05) is 34.8 Å². The van der Waals surface area contributed by atoms with Crippen LogP contribution in [0.3, 0.4) is 0 Å². The van der Waals surface area contributed by atoms with Crippen molar-refractivity contribution in [3.05, 3.63) is 27.2 Å². The van der Waals surface area contributed by atoms with E-state index in [0.717, 1.165) is 0 Å². The van der Waals surface area contributed by atoms with Crippen LogP contribution < -0.4 is 4.74 Å². The minimum Gasteiger partial charge on any atom is -0.477 e. The number of rotatable bonds is 2. The maximum Gasteiger partial charge on any atom is 0.174 e. The summed E-state index contributed by atoms with van der Waals surface area (Å²) in [6.45, 7) is -0.0717. The van der Waals surface area contributed by atoms with Gasteiger partial charge in [-0.3, -0.25) is 0 Å². The van der Waals surface area contributed by atoms with Gasteiger partial charge < -0.3 is 4.74 Å². The van der Waals surface area contributed by atoms with Gasteiger partial charge in [0.15, 0.2) is 6.61 Å². The number of ether oxygens (including phenoxy) is 1. The van der Waals surface area contributed by atoms with E-state index in [9.17, 15) is 0 Å². The van der Waals surface area contributed by atoms with E-state index in [1.165, 1.54) is 12.1 Å². The predicted molar refractivity (Wildman–Crippen MR) is 52.6 cm³/mol. The molecule has 5 heteroatoms. The third kappa shape index (κ3) is 2.67. The van der Waals surface area contributed by atoms with Gasteiger partial charge in [0.1, 0.15) is 11.8 Å². The molecule has 0 saturated carbocycles. The second-order valence-corrected chi connectivity index (χ2v) is 3.37. The van der Waals surface area contributed by atoms with E-state index >= 15 is 0 Å². The summed E-state index contributed by atoms with van der Waals surface area (Å²) < 4.78 is 4.99. The summed E-state index contributed by atoms with van der Waals surface area (Å²) in [6, 6.07) is 4.77. The predicted octanol–water partition coefficient (Wildman–Crippen LogP) is 3.55. The lowest BCUT2D eigenvalue weighted by Gasteiger charge is -2.05. The van der Waals surface area contributed by atoms with Crippen LogP contribution in [0.15, 0.2) is 12.1 Å². The monoisotopic (exact) mass is 235 g/mol. The summed E-state index contributed by atoms with van der Waals surface area (Å²) in [7, 11) is 0. The van der Waals surface area contributed by atoms with Crippen molar-refractivity contribution >= 4 is 34.8 Å². The summed E-state index contributed by atoms with van der Waals surface area (Å²) in [5, 5.41) is 9.31. The Bertz CT molecular complexity index is 359. The highest BCUT2D eigenvalue weighted by molar-refractivity contribution is 6.43. The second kappa shape index (κ2) is 4.57. The minimum absolute atomic E-state index is 0.0717. The zero-order valence-electron chi connectivity index (χ0n) is 6.35. The van der Waals surface area contributed by atoms with Crippen LogP contribution in [0.4, 0.5) is 0 Å². The van der Waals surface area contributed by atoms with Gasteiger partial charge in [0.2, 0.25) is 0 Å². The van der Waals surface area contributed by atoms with Crippen LogP contribution in [-0.2, 0) is 0 Å². The van der Waals surface area contributed by atoms with Crippen LogP contribution in [0.5, 0.6) is 5.75 Å². The molecule has 0 bridgehead atoms. The van der Waals surface area contributed by atoms with Crippen molar-refractivity contribution in [1.82, 2.24) is 0 Å². The average molecular weight is 236 g/mol. The van der Waals surface area contributed by atoms with Gasteiger partial charge in [-0.15, -0.1) is 0 Å². The van der Waals surface area contributed by atoms with Crippen LogP contribution in [0.1, 0.15) is 0 Å². The van der Waals surface area contributed by atoms with Gasteiger partial charge in [0.05, 0.1) is 15.1 Å². The van der Waals surface area contributed by atoms with E-state index in [0.29, 0.717) is 20.8 Å². The summed E-state index contributed by atoms with van der Waals surface area (Å²) in [5.74, 6) is 0.359. The van der Waals surface area contributed by atoms with Gasteiger partial charge in [0, 0.05) is 6.07 Å². The van der Waals surface area contributed by atoms with Crippen LogP contribution >= 0.6 is 34.8 Å². The summed E-state index contributed by atoms with van der Waals surface area (Å²) >= 11 is 17.2.